The Morgan fingerprint density at radius 2 is 1.87 bits per heavy atom. The van der Waals surface area contributed by atoms with Crippen LogP contribution in [0.5, 0.6) is 5.75 Å². The first-order valence-corrected chi connectivity index (χ1v) is 10.5. The largest absolute Gasteiger partial charge is 0.481 e. The number of hydrogen-bond acceptors (Lipinski definition) is 5. The molecule has 0 spiro atoms. The van der Waals surface area contributed by atoms with Crippen LogP contribution in [-0.2, 0) is 16.0 Å². The van der Waals surface area contributed by atoms with E-state index in [9.17, 15) is 9.59 Å². The molecule has 0 aliphatic carbocycles. The van der Waals surface area contributed by atoms with Crippen LogP contribution in [-0.4, -0.2) is 22.9 Å². The third kappa shape index (κ3) is 5.45. The van der Waals surface area contributed by atoms with E-state index in [1.165, 1.54) is 11.3 Å². The van der Waals surface area contributed by atoms with Crippen LogP contribution in [0.1, 0.15) is 29.3 Å². The Morgan fingerprint density at radius 3 is 2.63 bits per heavy atom. The van der Waals surface area contributed by atoms with Crippen LogP contribution < -0.4 is 15.6 Å². The third-order valence-electron chi connectivity index (χ3n) is 4.71. The number of ether oxygens (including phenoxy) is 1. The van der Waals surface area contributed by atoms with Crippen LogP contribution in [0.3, 0.4) is 0 Å². The molecule has 0 fully saturated rings. The Bertz CT molecular complexity index is 1060. The van der Waals surface area contributed by atoms with Gasteiger partial charge >= 0.3 is 0 Å². The number of nitrogens with one attached hydrogen (secondary N) is 2. The zero-order chi connectivity index (χ0) is 21.7. The molecule has 0 bridgehead atoms. The van der Waals surface area contributed by atoms with E-state index < -0.39 is 12.0 Å². The fourth-order valence-electron chi connectivity index (χ4n) is 2.84. The van der Waals surface area contributed by atoms with Crippen LogP contribution in [0.15, 0.2) is 47.8 Å². The maximum Gasteiger partial charge on any atom is 0.279 e. The van der Waals surface area contributed by atoms with E-state index in [4.69, 9.17) is 4.74 Å². The molecule has 1 unspecified atom stereocenters. The predicted molar refractivity (Wildman–Crippen MR) is 118 cm³/mol. The maximum atomic E-state index is 12.3. The minimum atomic E-state index is -0.752. The molecule has 1 heterocycles. The predicted octanol–water partition coefficient (Wildman–Crippen LogP) is 3.89. The molecule has 2 N–H and O–H groups in total. The van der Waals surface area contributed by atoms with Gasteiger partial charge in [0.2, 0.25) is 5.91 Å². The minimum Gasteiger partial charge on any atom is -0.481 e. The first kappa shape index (κ1) is 21.5. The Kier molecular flexibility index (Phi) is 6.84. The smallest absolute Gasteiger partial charge is 0.279 e. The van der Waals surface area contributed by atoms with Gasteiger partial charge in [0.05, 0.1) is 12.1 Å². The second-order valence-electron chi connectivity index (χ2n) is 7.19. The van der Waals surface area contributed by atoms with Crippen LogP contribution >= 0.6 is 11.3 Å². The summed E-state index contributed by atoms with van der Waals surface area (Å²) in [6.07, 6.45) is -0.674. The minimum absolute atomic E-state index is 0.0782. The van der Waals surface area contributed by atoms with Crippen molar-refractivity contribution in [3.05, 3.63) is 70.2 Å². The van der Waals surface area contributed by atoms with Gasteiger partial charge in [-0.05, 0) is 51.0 Å². The average Bonchev–Trinajstić information content (AvgIpc) is 3.18. The molecule has 156 valence electrons. The number of hydrogen-bond donors (Lipinski definition) is 2. The molecule has 0 saturated carbocycles. The molecule has 2 amide bonds. The summed E-state index contributed by atoms with van der Waals surface area (Å²) in [5.41, 5.74) is 9.74. The topological polar surface area (TPSA) is 80.3 Å². The van der Waals surface area contributed by atoms with E-state index in [0.717, 1.165) is 27.3 Å². The van der Waals surface area contributed by atoms with Gasteiger partial charge in [-0.1, -0.05) is 35.9 Å². The van der Waals surface area contributed by atoms with E-state index >= 15 is 0 Å². The third-order valence-corrected chi connectivity index (χ3v) is 5.65. The van der Waals surface area contributed by atoms with Crippen molar-refractivity contribution in [3.63, 3.8) is 0 Å². The average molecular weight is 424 g/mol. The molecule has 1 atom stereocenters. The van der Waals surface area contributed by atoms with Crippen molar-refractivity contribution in [3.8, 4) is 16.3 Å². The van der Waals surface area contributed by atoms with E-state index in [2.05, 4.69) is 21.9 Å². The Labute approximate surface area is 180 Å². The second-order valence-corrected chi connectivity index (χ2v) is 8.04. The molecule has 3 rings (SSSR count). The van der Waals surface area contributed by atoms with Gasteiger partial charge in [-0.2, -0.15) is 0 Å². The number of nitrogens with zero attached hydrogens (tertiary/aromatic N) is 1. The molecule has 7 heteroatoms. The second kappa shape index (κ2) is 9.54. The van der Waals surface area contributed by atoms with Crippen LogP contribution in [0.25, 0.3) is 10.6 Å². The van der Waals surface area contributed by atoms with Gasteiger partial charge in [-0.15, -0.1) is 11.3 Å². The zero-order valence-corrected chi connectivity index (χ0v) is 18.3. The lowest BCUT2D eigenvalue weighted by molar-refractivity contribution is -0.132. The number of thiazole rings is 1. The Balaban J connectivity index is 1.50. The molecule has 3 aromatic rings. The Hall–Kier alpha value is -3.19. The molecule has 30 heavy (non-hydrogen) atoms. The number of hydrazine groups is 1. The standard InChI is InChI=1S/C23H25N3O3S/c1-14-7-5-9-18(11-14)23-24-19(13-30-23)12-21(27)25-26-22(28)17(4)29-20-10-6-8-15(2)16(20)3/h5-11,13,17H,12H2,1-4H3,(H,25,27)(H,26,28). The SMILES string of the molecule is Cc1cccc(-c2nc(CC(=O)NNC(=O)C(C)Oc3cccc(C)c3C)cs2)c1. The normalized spacial score (nSPS) is 11.6. The molecule has 0 radical (unpaired) electrons. The molecule has 0 aliphatic rings. The van der Waals surface area contributed by atoms with Gasteiger partial charge in [0.25, 0.3) is 5.91 Å². The van der Waals surface area contributed by atoms with Gasteiger partial charge in [-0.25, -0.2) is 4.98 Å². The van der Waals surface area contributed by atoms with Crippen LogP contribution in [0.2, 0.25) is 0 Å². The highest BCUT2D eigenvalue weighted by molar-refractivity contribution is 7.13. The summed E-state index contributed by atoms with van der Waals surface area (Å²) in [7, 11) is 0. The summed E-state index contributed by atoms with van der Waals surface area (Å²) in [5.74, 6) is -0.124. The summed E-state index contributed by atoms with van der Waals surface area (Å²) in [5, 5.41) is 2.71. The van der Waals surface area contributed by atoms with Crippen molar-refractivity contribution in [1.29, 1.82) is 0 Å². The number of amides is 2. The Morgan fingerprint density at radius 1 is 1.10 bits per heavy atom. The van der Waals surface area contributed by atoms with E-state index in [0.29, 0.717) is 11.4 Å². The van der Waals surface area contributed by atoms with Crippen molar-refractivity contribution < 1.29 is 14.3 Å². The summed E-state index contributed by atoms with van der Waals surface area (Å²) in [6.45, 7) is 7.59. The monoisotopic (exact) mass is 423 g/mol. The lowest BCUT2D eigenvalue weighted by atomic mass is 10.1. The molecular weight excluding hydrogens is 398 g/mol. The number of aryl methyl sites for hydroxylation is 2. The highest BCUT2D eigenvalue weighted by Crippen LogP contribution is 2.24. The van der Waals surface area contributed by atoms with Crippen molar-refractivity contribution in [2.45, 2.75) is 40.2 Å². The number of rotatable bonds is 6. The number of carbonyl (C=O) groups excluding carboxylic acids is 2. The van der Waals surface area contributed by atoms with Crippen LogP contribution in [0.4, 0.5) is 0 Å². The van der Waals surface area contributed by atoms with Gasteiger partial charge < -0.3 is 4.74 Å². The fourth-order valence-corrected chi connectivity index (χ4v) is 3.65. The number of aromatic nitrogens is 1. The lowest BCUT2D eigenvalue weighted by Gasteiger charge is -2.17. The quantitative estimate of drug-likeness (QED) is 0.590. The van der Waals surface area contributed by atoms with E-state index in [-0.39, 0.29) is 12.3 Å². The molecule has 2 aromatic carbocycles. The summed E-state index contributed by atoms with van der Waals surface area (Å²) < 4.78 is 5.73. The number of benzene rings is 2. The first-order chi connectivity index (χ1) is 14.3. The highest BCUT2D eigenvalue weighted by atomic mass is 32.1. The number of carbonyl (C=O) groups is 2. The lowest BCUT2D eigenvalue weighted by Crippen LogP contribution is -2.47. The first-order valence-electron chi connectivity index (χ1n) is 9.66. The molecule has 0 saturated heterocycles. The molecule has 6 nitrogen and oxygen atoms in total. The maximum absolute atomic E-state index is 12.3. The summed E-state index contributed by atoms with van der Waals surface area (Å²) in [4.78, 5) is 29.0. The van der Waals surface area contributed by atoms with Crippen LogP contribution in [0, 0.1) is 20.8 Å². The van der Waals surface area contributed by atoms with Gasteiger partial charge in [0.15, 0.2) is 6.10 Å². The van der Waals surface area contributed by atoms with Gasteiger partial charge in [0, 0.05) is 10.9 Å². The zero-order valence-electron chi connectivity index (χ0n) is 17.5. The summed E-state index contributed by atoms with van der Waals surface area (Å²) in [6, 6.07) is 13.7. The molecule has 1 aromatic heterocycles. The molecular formula is C23H25N3O3S. The van der Waals surface area contributed by atoms with Crippen molar-refractivity contribution >= 4 is 23.2 Å². The summed E-state index contributed by atoms with van der Waals surface area (Å²) >= 11 is 1.49. The van der Waals surface area contributed by atoms with Gasteiger partial charge in [-0.3, -0.25) is 20.4 Å². The van der Waals surface area contributed by atoms with Gasteiger partial charge in [0.1, 0.15) is 10.8 Å². The van der Waals surface area contributed by atoms with E-state index in [1.807, 2.05) is 62.5 Å². The molecule has 0 aliphatic heterocycles. The van der Waals surface area contributed by atoms with Crippen molar-refractivity contribution in [2.24, 2.45) is 0 Å². The highest BCUT2D eigenvalue weighted by Gasteiger charge is 2.17. The van der Waals surface area contributed by atoms with E-state index in [1.54, 1.807) is 6.92 Å². The fraction of sp³-hybridized carbons (Fsp3) is 0.261. The van der Waals surface area contributed by atoms with Crippen molar-refractivity contribution in [2.75, 3.05) is 0 Å². The van der Waals surface area contributed by atoms with Crippen molar-refractivity contribution in [1.82, 2.24) is 15.8 Å².